The fraction of sp³-hybridized carbons (Fsp3) is 0.611. The fourth-order valence-electron chi connectivity index (χ4n) is 3.32. The monoisotopic (exact) mass is 387 g/mol. The Morgan fingerprint density at radius 1 is 1.52 bits per heavy atom. The number of carboxylic acids is 1. The molecule has 1 aliphatic heterocycles. The Hall–Kier alpha value is -0.950. The molecule has 0 spiro atoms. The average Bonchev–Trinajstić information content (AvgIpc) is 2.48. The summed E-state index contributed by atoms with van der Waals surface area (Å²) in [5.74, 6) is -0.233. The van der Waals surface area contributed by atoms with E-state index in [0.29, 0.717) is 29.6 Å². The molecule has 2 unspecified atom stereocenters. The summed E-state index contributed by atoms with van der Waals surface area (Å²) in [6.07, 6.45) is 7.98. The van der Waals surface area contributed by atoms with Crippen molar-refractivity contribution in [1.29, 1.82) is 0 Å². The molecular formula is C18H26ClNO4S. The zero-order valence-electron chi connectivity index (χ0n) is 14.7. The number of carbonyl (C=O) groups is 1. The van der Waals surface area contributed by atoms with Crippen molar-refractivity contribution in [3.05, 3.63) is 34.4 Å². The highest BCUT2D eigenvalue weighted by molar-refractivity contribution is 7.83. The second-order valence-electron chi connectivity index (χ2n) is 6.66. The highest BCUT2D eigenvalue weighted by Gasteiger charge is 2.46. The Kier molecular flexibility index (Phi) is 7.43. The summed E-state index contributed by atoms with van der Waals surface area (Å²) in [6, 6.07) is 0. The van der Waals surface area contributed by atoms with Gasteiger partial charge in [0.2, 0.25) is 0 Å². The number of nitrogens with one attached hydrogen (secondary N) is 1. The van der Waals surface area contributed by atoms with Crippen LogP contribution in [0.1, 0.15) is 39.5 Å². The van der Waals surface area contributed by atoms with Gasteiger partial charge in [-0.15, -0.1) is 0 Å². The normalized spacial score (nSPS) is 30.4. The highest BCUT2D eigenvalue weighted by Crippen LogP contribution is 2.38. The Balaban J connectivity index is 2.42. The number of aliphatic carboxylic acids is 1. The number of rotatable bonds is 8. The lowest BCUT2D eigenvalue weighted by Gasteiger charge is -2.46. The summed E-state index contributed by atoms with van der Waals surface area (Å²) in [7, 11) is -1.18. The van der Waals surface area contributed by atoms with Gasteiger partial charge in [-0.25, -0.2) is 8.93 Å². The third-order valence-electron chi connectivity index (χ3n) is 4.46. The predicted octanol–water partition coefficient (Wildman–Crippen LogP) is 3.30. The van der Waals surface area contributed by atoms with Crippen molar-refractivity contribution in [2.45, 2.75) is 45.1 Å². The summed E-state index contributed by atoms with van der Waals surface area (Å²) in [4.78, 5) is 11.4. The second kappa shape index (κ2) is 9.12. The minimum atomic E-state index is -1.18. The largest absolute Gasteiger partial charge is 0.481 e. The van der Waals surface area contributed by atoms with Crippen molar-refractivity contribution >= 4 is 28.6 Å². The van der Waals surface area contributed by atoms with E-state index in [1.165, 1.54) is 0 Å². The quantitative estimate of drug-likeness (QED) is 0.670. The van der Waals surface area contributed by atoms with Crippen LogP contribution in [0.15, 0.2) is 34.4 Å². The summed E-state index contributed by atoms with van der Waals surface area (Å²) < 4.78 is 21.1. The van der Waals surface area contributed by atoms with E-state index in [2.05, 4.69) is 18.6 Å². The zero-order chi connectivity index (χ0) is 18.4. The maximum Gasteiger partial charge on any atom is 0.307 e. The second-order valence-corrected chi connectivity index (χ2v) is 8.40. The van der Waals surface area contributed by atoms with Crippen LogP contribution in [0.5, 0.6) is 0 Å². The van der Waals surface area contributed by atoms with Crippen LogP contribution in [0.3, 0.4) is 0 Å². The summed E-state index contributed by atoms with van der Waals surface area (Å²) in [6.45, 7) is 4.90. The average molecular weight is 388 g/mol. The number of allylic oxidation sites excluding steroid dienone is 4. The number of hydrogen-bond donors (Lipinski definition) is 2. The lowest BCUT2D eigenvalue weighted by molar-refractivity contribution is -0.136. The lowest BCUT2D eigenvalue weighted by Crippen LogP contribution is -2.63. The van der Waals surface area contributed by atoms with E-state index < -0.39 is 22.5 Å². The molecule has 2 atom stereocenters. The molecule has 0 aromatic carbocycles. The first kappa shape index (κ1) is 20.4. The first-order valence-electron chi connectivity index (χ1n) is 8.61. The number of hydrogen-bond acceptors (Lipinski definition) is 3. The maximum absolute atomic E-state index is 12.5. The van der Waals surface area contributed by atoms with Crippen LogP contribution >= 0.6 is 11.6 Å². The van der Waals surface area contributed by atoms with E-state index in [1.807, 2.05) is 6.08 Å². The van der Waals surface area contributed by atoms with Crippen LogP contribution in [0.2, 0.25) is 0 Å². The third-order valence-corrected chi connectivity index (χ3v) is 5.98. The highest BCUT2D eigenvalue weighted by atomic mass is 35.5. The van der Waals surface area contributed by atoms with Crippen LogP contribution in [0.4, 0.5) is 0 Å². The van der Waals surface area contributed by atoms with Crippen LogP contribution in [-0.2, 0) is 20.5 Å². The van der Waals surface area contributed by atoms with Crippen LogP contribution in [0, 0.1) is 5.92 Å². The molecule has 2 aliphatic rings. The van der Waals surface area contributed by atoms with Gasteiger partial charge in [0.15, 0.2) is 0 Å². The van der Waals surface area contributed by atoms with Gasteiger partial charge in [-0.2, -0.15) is 0 Å². The SMILES string of the molecule is CCCCS(=O)NC1(/C2=C(CC(=O)O)/C=C(Cl)\C=C\CC2C)COC1. The molecule has 0 radical (unpaired) electrons. The van der Waals surface area contributed by atoms with Crippen molar-refractivity contribution in [3.63, 3.8) is 0 Å². The maximum atomic E-state index is 12.5. The van der Waals surface area contributed by atoms with E-state index in [4.69, 9.17) is 16.3 Å². The molecule has 0 saturated carbocycles. The topological polar surface area (TPSA) is 75.6 Å². The van der Waals surface area contributed by atoms with Gasteiger partial charge in [0.05, 0.1) is 36.2 Å². The van der Waals surface area contributed by atoms with Crippen molar-refractivity contribution in [1.82, 2.24) is 4.72 Å². The smallest absolute Gasteiger partial charge is 0.307 e. The first-order chi connectivity index (χ1) is 11.9. The Morgan fingerprint density at radius 2 is 2.24 bits per heavy atom. The predicted molar refractivity (Wildman–Crippen MR) is 101 cm³/mol. The van der Waals surface area contributed by atoms with E-state index >= 15 is 0 Å². The molecule has 0 bridgehead atoms. The van der Waals surface area contributed by atoms with Gasteiger partial charge in [0, 0.05) is 10.8 Å². The molecule has 25 heavy (non-hydrogen) atoms. The molecule has 0 aromatic rings. The molecule has 140 valence electrons. The Bertz CT molecular complexity index is 623. The standard InChI is InChI=1S/C18H26ClNO4S/c1-3-4-8-25(23)20-18(11-24-12-18)17-13(2)6-5-7-15(19)9-14(17)10-16(21)22/h5,7,9,13,20H,3-4,6,8,10-12H2,1-2H3,(H,21,22)/b7-5+,15-9+,17-14-. The minimum absolute atomic E-state index is 0.103. The van der Waals surface area contributed by atoms with E-state index in [0.717, 1.165) is 24.8 Å². The van der Waals surface area contributed by atoms with E-state index in [1.54, 1.807) is 12.2 Å². The van der Waals surface area contributed by atoms with E-state index in [-0.39, 0.29) is 12.3 Å². The molecule has 1 heterocycles. The Morgan fingerprint density at radius 3 is 2.80 bits per heavy atom. The molecule has 2 rings (SSSR count). The minimum Gasteiger partial charge on any atom is -0.481 e. The third kappa shape index (κ3) is 5.26. The first-order valence-corrected chi connectivity index (χ1v) is 10.3. The van der Waals surface area contributed by atoms with Crippen molar-refractivity contribution < 1.29 is 18.8 Å². The molecule has 5 nitrogen and oxygen atoms in total. The van der Waals surface area contributed by atoms with Crippen molar-refractivity contribution in [2.75, 3.05) is 19.0 Å². The summed E-state index contributed by atoms with van der Waals surface area (Å²) in [5.41, 5.74) is 1.05. The van der Waals surface area contributed by atoms with Crippen molar-refractivity contribution in [3.8, 4) is 0 Å². The molecule has 1 aliphatic carbocycles. The molecule has 7 heteroatoms. The van der Waals surface area contributed by atoms with Gasteiger partial charge in [0.25, 0.3) is 0 Å². The lowest BCUT2D eigenvalue weighted by atomic mass is 9.75. The number of halogens is 1. The summed E-state index contributed by atoms with van der Waals surface area (Å²) >= 11 is 6.21. The van der Waals surface area contributed by atoms with Gasteiger partial charge in [-0.3, -0.25) is 4.79 Å². The fourth-order valence-corrected chi connectivity index (χ4v) is 4.86. The molecule has 0 aromatic heterocycles. The molecule has 0 amide bonds. The van der Waals surface area contributed by atoms with Crippen molar-refractivity contribution in [2.24, 2.45) is 5.92 Å². The van der Waals surface area contributed by atoms with Crippen LogP contribution < -0.4 is 4.72 Å². The number of ether oxygens (including phenoxy) is 1. The van der Waals surface area contributed by atoms with E-state index in [9.17, 15) is 14.1 Å². The van der Waals surface area contributed by atoms with Gasteiger partial charge in [0.1, 0.15) is 0 Å². The van der Waals surface area contributed by atoms with Gasteiger partial charge >= 0.3 is 5.97 Å². The van der Waals surface area contributed by atoms with Gasteiger partial charge in [-0.05, 0) is 42.1 Å². The van der Waals surface area contributed by atoms with Crippen LogP contribution in [-0.4, -0.2) is 39.8 Å². The van der Waals surface area contributed by atoms with Crippen LogP contribution in [0.25, 0.3) is 0 Å². The van der Waals surface area contributed by atoms with Gasteiger partial charge < -0.3 is 9.84 Å². The van der Waals surface area contributed by atoms with Gasteiger partial charge in [-0.1, -0.05) is 37.9 Å². The number of unbranched alkanes of at least 4 members (excludes halogenated alkanes) is 1. The number of carboxylic acid groups (broad SMARTS) is 1. The molecule has 1 fully saturated rings. The molecular weight excluding hydrogens is 362 g/mol. The Labute approximate surface area is 156 Å². The summed E-state index contributed by atoms with van der Waals surface area (Å²) in [5, 5.41) is 9.84. The molecule has 2 N–H and O–H groups in total. The zero-order valence-corrected chi connectivity index (χ0v) is 16.3. The molecule has 1 saturated heterocycles.